The minimum absolute atomic E-state index is 0.462. The van der Waals surface area contributed by atoms with Crippen molar-refractivity contribution in [3.63, 3.8) is 0 Å². The Labute approximate surface area is 119 Å². The summed E-state index contributed by atoms with van der Waals surface area (Å²) < 4.78 is 6.27. The van der Waals surface area contributed by atoms with Crippen molar-refractivity contribution in [3.05, 3.63) is 53.2 Å². The van der Waals surface area contributed by atoms with E-state index in [1.807, 2.05) is 18.2 Å². The van der Waals surface area contributed by atoms with Crippen LogP contribution in [-0.4, -0.2) is 7.85 Å². The number of benzene rings is 3. The van der Waals surface area contributed by atoms with Crippen LogP contribution in [-0.2, 0) is 0 Å². The Hall–Kier alpha value is -1.74. The van der Waals surface area contributed by atoms with Gasteiger partial charge in [-0.15, -0.1) is 0 Å². The molecule has 4 aromatic rings. The van der Waals surface area contributed by atoms with Gasteiger partial charge in [0.05, 0.1) is 5.66 Å². The highest BCUT2D eigenvalue weighted by Crippen LogP contribution is 2.38. The molecular weight excluding hydrogens is 299 g/mol. The van der Waals surface area contributed by atoms with Crippen molar-refractivity contribution < 1.29 is 4.42 Å². The van der Waals surface area contributed by atoms with Gasteiger partial charge in [0.25, 0.3) is 0 Å². The molecule has 0 atom stereocenters. The maximum atomic E-state index is 6.04. The van der Waals surface area contributed by atoms with E-state index < -0.39 is 0 Å². The molecule has 1 nitrogen and oxygen atoms in total. The fourth-order valence-electron chi connectivity index (χ4n) is 2.80. The molecule has 1 aromatic heterocycles. The van der Waals surface area contributed by atoms with E-state index >= 15 is 0 Å². The number of rotatable bonds is 0. The van der Waals surface area contributed by atoms with Crippen LogP contribution in [0.25, 0.3) is 32.3 Å². The number of furan rings is 1. The van der Waals surface area contributed by atoms with Crippen LogP contribution in [0, 0.1) is 0 Å². The van der Waals surface area contributed by atoms with Gasteiger partial charge in [-0.05, 0) is 37.5 Å². The molecule has 88 valence electrons. The van der Waals surface area contributed by atoms with Crippen LogP contribution >= 0.6 is 15.9 Å². The van der Waals surface area contributed by atoms with Crippen molar-refractivity contribution in [2.45, 2.75) is 0 Å². The predicted octanol–water partition coefficient (Wildman–Crippen LogP) is 4.30. The molecule has 0 spiro atoms. The van der Waals surface area contributed by atoms with Gasteiger partial charge in [0, 0.05) is 10.8 Å². The lowest BCUT2D eigenvalue weighted by atomic mass is 9.92. The van der Waals surface area contributed by atoms with Gasteiger partial charge in [-0.25, -0.2) is 0 Å². The molecule has 0 N–H and O–H groups in total. The van der Waals surface area contributed by atoms with E-state index in [0.29, 0.717) is 10.3 Å². The summed E-state index contributed by atoms with van der Waals surface area (Å²) in [6.45, 7) is 0. The molecule has 0 bridgehead atoms. The van der Waals surface area contributed by atoms with Crippen LogP contribution in [0.3, 0.4) is 0 Å². The highest BCUT2D eigenvalue weighted by atomic mass is 79.9. The third kappa shape index (κ3) is 1.42. The molecule has 3 heteroatoms. The number of halogens is 1. The first kappa shape index (κ1) is 11.1. The van der Waals surface area contributed by atoms with E-state index in [2.05, 4.69) is 46.3 Å². The lowest BCUT2D eigenvalue weighted by Gasteiger charge is -2.06. The second kappa shape index (κ2) is 3.88. The lowest BCUT2D eigenvalue weighted by molar-refractivity contribution is 0.580. The summed E-state index contributed by atoms with van der Waals surface area (Å²) in [5, 5.41) is 6.73. The Bertz CT molecular complexity index is 864. The molecule has 2 radical (unpaired) electrons. The average Bonchev–Trinajstić information content (AvgIpc) is 2.75. The summed E-state index contributed by atoms with van der Waals surface area (Å²) in [7, 11) is 6.04. The van der Waals surface area contributed by atoms with E-state index in [1.54, 1.807) is 0 Å². The summed E-state index contributed by atoms with van der Waals surface area (Å²) >= 11 is 3.48. The second-order valence-electron chi connectivity index (χ2n) is 4.58. The number of hydrogen-bond donors (Lipinski definition) is 0. The molecule has 0 saturated heterocycles. The van der Waals surface area contributed by atoms with Crippen LogP contribution in [0.1, 0.15) is 0 Å². The molecule has 0 fully saturated rings. The van der Waals surface area contributed by atoms with Gasteiger partial charge in [-0.2, -0.15) is 0 Å². The average molecular weight is 307 g/mol. The molecule has 0 saturated carbocycles. The summed E-state index contributed by atoms with van der Waals surface area (Å²) in [4.78, 5) is 0. The van der Waals surface area contributed by atoms with Crippen LogP contribution in [0.5, 0.6) is 0 Å². The lowest BCUT2D eigenvalue weighted by Crippen LogP contribution is -1.98. The summed E-state index contributed by atoms with van der Waals surface area (Å²) in [6, 6.07) is 16.6. The maximum Gasteiger partial charge on any atom is 0.176 e. The Morgan fingerprint density at radius 3 is 1.79 bits per heavy atom. The van der Waals surface area contributed by atoms with Crippen molar-refractivity contribution >= 4 is 61.8 Å². The molecule has 19 heavy (non-hydrogen) atoms. The minimum Gasteiger partial charge on any atom is -0.465 e. The van der Waals surface area contributed by atoms with Gasteiger partial charge < -0.3 is 4.42 Å². The fraction of sp³-hybridized carbons (Fsp3) is 0. The van der Waals surface area contributed by atoms with Gasteiger partial charge in [-0.3, -0.25) is 0 Å². The standard InChI is InChI=1S/C16H8BBrO/c17-15-13-11-7-3-1-5-9(11)10-6-2-4-8-12(10)14(13)16(18)19-15/h1-8H. The molecule has 0 aliphatic rings. The monoisotopic (exact) mass is 306 g/mol. The molecule has 1 heterocycles. The smallest absolute Gasteiger partial charge is 0.176 e. The van der Waals surface area contributed by atoms with E-state index in [0.717, 1.165) is 21.5 Å². The summed E-state index contributed by atoms with van der Waals surface area (Å²) in [5.41, 5.74) is 0.462. The largest absolute Gasteiger partial charge is 0.465 e. The highest BCUT2D eigenvalue weighted by Gasteiger charge is 2.15. The van der Waals surface area contributed by atoms with E-state index in [4.69, 9.17) is 12.3 Å². The van der Waals surface area contributed by atoms with Crippen molar-refractivity contribution in [1.82, 2.24) is 0 Å². The normalized spacial score (nSPS) is 11.6. The first-order valence-corrected chi connectivity index (χ1v) is 6.83. The Kier molecular flexibility index (Phi) is 2.27. The molecule has 0 aliphatic carbocycles. The highest BCUT2D eigenvalue weighted by molar-refractivity contribution is 9.10. The van der Waals surface area contributed by atoms with Gasteiger partial charge in [0.2, 0.25) is 0 Å². The van der Waals surface area contributed by atoms with Crippen LogP contribution in [0.4, 0.5) is 0 Å². The zero-order chi connectivity index (χ0) is 13.0. The zero-order valence-electron chi connectivity index (χ0n) is 9.98. The Morgan fingerprint density at radius 2 is 1.21 bits per heavy atom. The van der Waals surface area contributed by atoms with Crippen molar-refractivity contribution in [2.75, 3.05) is 0 Å². The third-order valence-electron chi connectivity index (χ3n) is 3.58. The minimum atomic E-state index is 0.462. The van der Waals surface area contributed by atoms with E-state index in [1.165, 1.54) is 10.8 Å². The molecule has 4 rings (SSSR count). The van der Waals surface area contributed by atoms with Crippen molar-refractivity contribution in [2.24, 2.45) is 0 Å². The predicted molar refractivity (Wildman–Crippen MR) is 84.3 cm³/mol. The summed E-state index contributed by atoms with van der Waals surface area (Å²) in [5.74, 6) is 0. The van der Waals surface area contributed by atoms with Crippen LogP contribution in [0.15, 0.2) is 57.6 Å². The number of fused-ring (bicyclic) bond motifs is 6. The quantitative estimate of drug-likeness (QED) is 0.349. The molecular formula is C16H8BBrO. The third-order valence-corrected chi connectivity index (χ3v) is 4.13. The molecule has 3 aromatic carbocycles. The van der Waals surface area contributed by atoms with Gasteiger partial charge in [0.15, 0.2) is 12.5 Å². The van der Waals surface area contributed by atoms with Gasteiger partial charge in [0.1, 0.15) is 0 Å². The van der Waals surface area contributed by atoms with Crippen molar-refractivity contribution in [1.29, 1.82) is 0 Å². The van der Waals surface area contributed by atoms with Crippen LogP contribution < -0.4 is 5.66 Å². The van der Waals surface area contributed by atoms with Gasteiger partial charge >= 0.3 is 0 Å². The van der Waals surface area contributed by atoms with Crippen LogP contribution in [0.2, 0.25) is 0 Å². The van der Waals surface area contributed by atoms with Gasteiger partial charge in [-0.1, -0.05) is 48.5 Å². The Morgan fingerprint density at radius 1 is 0.737 bits per heavy atom. The molecule has 0 unspecified atom stereocenters. The van der Waals surface area contributed by atoms with Crippen molar-refractivity contribution in [3.8, 4) is 0 Å². The first-order chi connectivity index (χ1) is 9.27. The van der Waals surface area contributed by atoms with E-state index in [9.17, 15) is 0 Å². The number of hydrogen-bond acceptors (Lipinski definition) is 1. The topological polar surface area (TPSA) is 13.1 Å². The molecule has 0 aliphatic heterocycles. The molecule has 0 amide bonds. The first-order valence-electron chi connectivity index (χ1n) is 6.04. The Balaban J connectivity index is 2.49. The zero-order valence-corrected chi connectivity index (χ0v) is 11.6. The summed E-state index contributed by atoms with van der Waals surface area (Å²) in [6.07, 6.45) is 0. The maximum absolute atomic E-state index is 6.04. The fourth-order valence-corrected chi connectivity index (χ4v) is 3.39. The van der Waals surface area contributed by atoms with E-state index in [-0.39, 0.29) is 0 Å². The SMILES string of the molecule is [B]c1oc(Br)c2c3ccccc3c3ccccc3c12. The second-order valence-corrected chi connectivity index (χ2v) is 5.30.